The maximum atomic E-state index is 13.5. The van der Waals surface area contributed by atoms with E-state index in [1.54, 1.807) is 0 Å². The highest BCUT2D eigenvalue weighted by Gasteiger charge is 2.23. The zero-order chi connectivity index (χ0) is 19.0. The summed E-state index contributed by atoms with van der Waals surface area (Å²) in [5.41, 5.74) is -1.12. The fourth-order valence-corrected chi connectivity index (χ4v) is 2.46. The van der Waals surface area contributed by atoms with Crippen LogP contribution in [-0.2, 0) is 4.79 Å². The standard InChI is InChI=1S/C16H12F2N4O4.ClH/c1-7(16(25)26)21-15(24)13-12(23)5-11(22-14(13)19-6-20-22)8-2-9(17)4-10(18)3-8;/h2-7H,1H3,(H,19,20)(H,21,24)(H,25,26);1H. The molecule has 3 aromatic rings. The van der Waals surface area contributed by atoms with E-state index in [1.165, 1.54) is 17.8 Å². The Hall–Kier alpha value is -3.27. The van der Waals surface area contributed by atoms with Gasteiger partial charge in [0.2, 0.25) is 0 Å². The molecule has 0 aliphatic rings. The van der Waals surface area contributed by atoms with Crippen LogP contribution in [0.1, 0.15) is 17.3 Å². The van der Waals surface area contributed by atoms with Crippen molar-refractivity contribution in [3.63, 3.8) is 0 Å². The molecule has 27 heavy (non-hydrogen) atoms. The molecule has 3 rings (SSSR count). The molecule has 2 heterocycles. The number of hydrogen-bond acceptors (Lipinski definition) is 4. The van der Waals surface area contributed by atoms with Crippen LogP contribution in [0.2, 0.25) is 0 Å². The van der Waals surface area contributed by atoms with Gasteiger partial charge in [0.05, 0.1) is 5.69 Å². The second-order valence-corrected chi connectivity index (χ2v) is 5.51. The Bertz CT molecular complexity index is 1080. The number of hydrogen-bond donors (Lipinski definition) is 3. The van der Waals surface area contributed by atoms with Gasteiger partial charge < -0.3 is 10.4 Å². The summed E-state index contributed by atoms with van der Waals surface area (Å²) in [6.07, 6.45) is 1.19. The van der Waals surface area contributed by atoms with Gasteiger partial charge >= 0.3 is 5.97 Å². The van der Waals surface area contributed by atoms with Crippen LogP contribution in [0.25, 0.3) is 16.9 Å². The lowest BCUT2D eigenvalue weighted by atomic mass is 10.1. The predicted octanol–water partition coefficient (Wildman–Crippen LogP) is 1.59. The number of H-pyrrole nitrogens is 1. The first-order valence-corrected chi connectivity index (χ1v) is 7.37. The third kappa shape index (κ3) is 3.80. The minimum atomic E-state index is -1.27. The summed E-state index contributed by atoms with van der Waals surface area (Å²) >= 11 is 0. The molecule has 1 atom stereocenters. The molecule has 0 saturated heterocycles. The maximum Gasteiger partial charge on any atom is 0.325 e. The number of halogens is 3. The normalized spacial score (nSPS) is 11.7. The molecule has 11 heteroatoms. The lowest BCUT2D eigenvalue weighted by molar-refractivity contribution is -0.138. The molecule has 8 nitrogen and oxygen atoms in total. The fraction of sp³-hybridized carbons (Fsp3) is 0.125. The van der Waals surface area contributed by atoms with Crippen molar-refractivity contribution in [1.29, 1.82) is 0 Å². The van der Waals surface area contributed by atoms with Crippen molar-refractivity contribution in [2.24, 2.45) is 0 Å². The van der Waals surface area contributed by atoms with Crippen molar-refractivity contribution in [2.45, 2.75) is 13.0 Å². The number of rotatable bonds is 4. The number of nitrogens with zero attached hydrogens (tertiary/aromatic N) is 2. The highest BCUT2D eigenvalue weighted by atomic mass is 35.5. The van der Waals surface area contributed by atoms with E-state index in [2.05, 4.69) is 15.4 Å². The Kier molecular flexibility index (Phi) is 5.60. The van der Waals surface area contributed by atoms with Crippen molar-refractivity contribution in [2.75, 3.05) is 0 Å². The number of amides is 1. The second-order valence-electron chi connectivity index (χ2n) is 5.51. The van der Waals surface area contributed by atoms with Crippen LogP contribution in [0.5, 0.6) is 0 Å². The second kappa shape index (κ2) is 7.54. The molecule has 0 fully saturated rings. The summed E-state index contributed by atoms with van der Waals surface area (Å²) in [5, 5.41) is 13.7. The van der Waals surface area contributed by atoms with Gasteiger partial charge in [-0.05, 0) is 19.1 Å². The van der Waals surface area contributed by atoms with Crippen LogP contribution < -0.4 is 10.7 Å². The van der Waals surface area contributed by atoms with Crippen molar-refractivity contribution >= 4 is 29.9 Å². The number of aliphatic carboxylic acids is 1. The Morgan fingerprint density at radius 2 is 1.85 bits per heavy atom. The third-order valence-electron chi connectivity index (χ3n) is 3.67. The summed E-state index contributed by atoms with van der Waals surface area (Å²) < 4.78 is 28.2. The fourth-order valence-electron chi connectivity index (χ4n) is 2.46. The van der Waals surface area contributed by atoms with Gasteiger partial charge in [-0.15, -0.1) is 12.4 Å². The molecule has 0 bridgehead atoms. The number of pyridine rings is 1. The number of fused-ring (bicyclic) bond motifs is 1. The summed E-state index contributed by atoms with van der Waals surface area (Å²) in [6, 6.07) is 2.53. The van der Waals surface area contributed by atoms with Crippen LogP contribution in [0.15, 0.2) is 35.4 Å². The smallest absolute Gasteiger partial charge is 0.325 e. The zero-order valence-electron chi connectivity index (χ0n) is 13.7. The number of carboxylic acid groups (broad SMARTS) is 1. The zero-order valence-corrected chi connectivity index (χ0v) is 14.5. The molecule has 1 unspecified atom stereocenters. The Labute approximate surface area is 156 Å². The topological polar surface area (TPSA) is 117 Å². The maximum absolute atomic E-state index is 13.5. The van der Waals surface area contributed by atoms with Gasteiger partial charge in [-0.3, -0.25) is 19.5 Å². The number of aromatic nitrogens is 3. The molecular formula is C16H13ClF2N4O4. The van der Waals surface area contributed by atoms with Crippen LogP contribution in [-0.4, -0.2) is 37.6 Å². The first-order chi connectivity index (χ1) is 12.3. The number of carbonyl (C=O) groups excluding carboxylic acids is 1. The Morgan fingerprint density at radius 3 is 2.44 bits per heavy atom. The monoisotopic (exact) mass is 398 g/mol. The first-order valence-electron chi connectivity index (χ1n) is 7.37. The molecule has 1 aromatic carbocycles. The highest BCUT2D eigenvalue weighted by molar-refractivity contribution is 6.01. The third-order valence-corrected chi connectivity index (χ3v) is 3.67. The molecule has 1 amide bonds. The average molecular weight is 399 g/mol. The summed E-state index contributed by atoms with van der Waals surface area (Å²) in [4.78, 5) is 39.5. The number of nitrogens with one attached hydrogen (secondary N) is 2. The van der Waals surface area contributed by atoms with Gasteiger partial charge in [-0.2, -0.15) is 0 Å². The number of aromatic amines is 1. The minimum Gasteiger partial charge on any atom is -0.480 e. The van der Waals surface area contributed by atoms with Gasteiger partial charge in [0.25, 0.3) is 5.91 Å². The van der Waals surface area contributed by atoms with E-state index >= 15 is 0 Å². The molecule has 0 spiro atoms. The van der Waals surface area contributed by atoms with E-state index in [0.29, 0.717) is 6.07 Å². The number of carboxylic acids is 1. The van der Waals surface area contributed by atoms with E-state index in [9.17, 15) is 23.2 Å². The summed E-state index contributed by atoms with van der Waals surface area (Å²) in [7, 11) is 0. The van der Waals surface area contributed by atoms with E-state index in [-0.39, 0.29) is 34.9 Å². The largest absolute Gasteiger partial charge is 0.480 e. The predicted molar refractivity (Wildman–Crippen MR) is 93.0 cm³/mol. The lowest BCUT2D eigenvalue weighted by Gasteiger charge is -2.11. The SMILES string of the molecule is CC(NC(=O)c1c(=O)cc(-c2cc(F)cc(F)c2)n2[nH]cnc12)C(=O)O.Cl. The van der Waals surface area contributed by atoms with E-state index in [1.807, 2.05) is 0 Å². The quantitative estimate of drug-likeness (QED) is 0.617. The number of benzene rings is 1. The number of carbonyl (C=O) groups is 2. The lowest BCUT2D eigenvalue weighted by Crippen LogP contribution is -2.40. The van der Waals surface area contributed by atoms with Crippen LogP contribution in [0.3, 0.4) is 0 Å². The van der Waals surface area contributed by atoms with Crippen molar-refractivity contribution < 1.29 is 23.5 Å². The Morgan fingerprint density at radius 1 is 1.22 bits per heavy atom. The van der Waals surface area contributed by atoms with Gasteiger partial charge in [-0.25, -0.2) is 18.3 Å². The molecule has 0 aliphatic heterocycles. The van der Waals surface area contributed by atoms with E-state index in [4.69, 9.17) is 5.11 Å². The van der Waals surface area contributed by atoms with Gasteiger partial charge in [-0.1, -0.05) is 0 Å². The van der Waals surface area contributed by atoms with E-state index < -0.39 is 35.0 Å². The molecule has 0 saturated carbocycles. The van der Waals surface area contributed by atoms with Gasteiger partial charge in [0, 0.05) is 17.7 Å². The van der Waals surface area contributed by atoms with Crippen LogP contribution in [0, 0.1) is 11.6 Å². The first kappa shape index (κ1) is 20.0. The summed E-state index contributed by atoms with van der Waals surface area (Å²) in [5.74, 6) is -3.87. The molecule has 2 aromatic heterocycles. The van der Waals surface area contributed by atoms with Crippen LogP contribution in [0.4, 0.5) is 8.78 Å². The molecular weight excluding hydrogens is 386 g/mol. The Balaban J connectivity index is 0.00000261. The van der Waals surface area contributed by atoms with Gasteiger partial charge in [0.15, 0.2) is 11.1 Å². The van der Waals surface area contributed by atoms with Gasteiger partial charge in [0.1, 0.15) is 29.6 Å². The molecule has 142 valence electrons. The van der Waals surface area contributed by atoms with Crippen molar-refractivity contribution in [1.82, 2.24) is 19.9 Å². The van der Waals surface area contributed by atoms with E-state index in [0.717, 1.165) is 18.2 Å². The molecule has 0 aliphatic carbocycles. The average Bonchev–Trinajstić information content (AvgIpc) is 3.01. The van der Waals surface area contributed by atoms with Crippen molar-refractivity contribution in [3.8, 4) is 11.3 Å². The molecule has 0 radical (unpaired) electrons. The summed E-state index contributed by atoms with van der Waals surface area (Å²) in [6.45, 7) is 1.24. The van der Waals surface area contributed by atoms with Crippen molar-refractivity contribution in [3.05, 3.63) is 58.0 Å². The van der Waals surface area contributed by atoms with Crippen LogP contribution >= 0.6 is 12.4 Å². The molecule has 3 N–H and O–H groups in total. The minimum absolute atomic E-state index is 0. The highest BCUT2D eigenvalue weighted by Crippen LogP contribution is 2.22.